The molecule has 2 aliphatic rings. The monoisotopic (exact) mass is 451 g/mol. The number of nitrogens with one attached hydrogen (secondary N) is 1. The molecule has 0 spiro atoms. The van der Waals surface area contributed by atoms with Crippen molar-refractivity contribution in [1.82, 2.24) is 14.9 Å². The van der Waals surface area contributed by atoms with E-state index in [2.05, 4.69) is 58.3 Å². The normalized spacial score (nSPS) is 20.0. The number of piperidine rings is 1. The number of piperazine rings is 1. The van der Waals surface area contributed by atoms with Gasteiger partial charge in [-0.2, -0.15) is 0 Å². The highest BCUT2D eigenvalue weighted by Crippen LogP contribution is 2.25. The second-order valence-electron chi connectivity index (χ2n) is 9.59. The molecule has 0 aliphatic carbocycles. The SMILES string of the molecule is CC1CCCN(c2ccc(Nc3ccc(CN(O)C(=O)CN4CCN(C)CC4)cc3)cc2)C1. The van der Waals surface area contributed by atoms with Crippen LogP contribution >= 0.6 is 0 Å². The van der Waals surface area contributed by atoms with Crippen LogP contribution in [0, 0.1) is 5.92 Å². The van der Waals surface area contributed by atoms with Crippen molar-refractivity contribution in [2.75, 3.05) is 63.1 Å². The maximum Gasteiger partial charge on any atom is 0.260 e. The number of rotatable bonds is 7. The van der Waals surface area contributed by atoms with Crippen LogP contribution < -0.4 is 10.2 Å². The Morgan fingerprint density at radius 2 is 1.64 bits per heavy atom. The predicted molar refractivity (Wildman–Crippen MR) is 133 cm³/mol. The summed E-state index contributed by atoms with van der Waals surface area (Å²) in [5, 5.41) is 14.5. The van der Waals surface area contributed by atoms with Crippen LogP contribution in [0.25, 0.3) is 0 Å². The Kier molecular flexibility index (Phi) is 7.85. The summed E-state index contributed by atoms with van der Waals surface area (Å²) in [4.78, 5) is 19.2. The zero-order valence-electron chi connectivity index (χ0n) is 19.9. The van der Waals surface area contributed by atoms with E-state index >= 15 is 0 Å². The van der Waals surface area contributed by atoms with E-state index in [9.17, 15) is 10.0 Å². The highest BCUT2D eigenvalue weighted by Gasteiger charge is 2.20. The maximum atomic E-state index is 12.4. The molecule has 1 amide bonds. The Bertz CT molecular complexity index is 894. The lowest BCUT2D eigenvalue weighted by molar-refractivity contribution is -0.169. The maximum absolute atomic E-state index is 12.4. The van der Waals surface area contributed by atoms with E-state index < -0.39 is 0 Å². The minimum absolute atomic E-state index is 0.190. The Labute approximate surface area is 197 Å². The molecule has 0 bridgehead atoms. The zero-order chi connectivity index (χ0) is 23.2. The van der Waals surface area contributed by atoms with Crippen LogP contribution in [0.2, 0.25) is 0 Å². The number of likely N-dealkylation sites (N-methyl/N-ethyl adjacent to an activating group) is 1. The van der Waals surface area contributed by atoms with Gasteiger partial charge >= 0.3 is 0 Å². The number of hydrogen-bond donors (Lipinski definition) is 2. The fourth-order valence-electron chi connectivity index (χ4n) is 4.58. The third-order valence-electron chi connectivity index (χ3n) is 6.71. The number of hydrogen-bond acceptors (Lipinski definition) is 6. The zero-order valence-corrected chi connectivity index (χ0v) is 19.9. The van der Waals surface area contributed by atoms with Crippen LogP contribution in [0.4, 0.5) is 17.1 Å². The van der Waals surface area contributed by atoms with Crippen LogP contribution in [0.5, 0.6) is 0 Å². The van der Waals surface area contributed by atoms with Crippen molar-refractivity contribution in [3.8, 4) is 0 Å². The largest absolute Gasteiger partial charge is 0.371 e. The molecule has 2 aromatic rings. The summed E-state index contributed by atoms with van der Waals surface area (Å²) in [5.41, 5.74) is 4.20. The third-order valence-corrected chi connectivity index (χ3v) is 6.71. The molecular formula is C26H37N5O2. The molecular weight excluding hydrogens is 414 g/mol. The van der Waals surface area contributed by atoms with Crippen LogP contribution in [0.1, 0.15) is 25.3 Å². The molecule has 0 radical (unpaired) electrons. The number of amides is 1. The average molecular weight is 452 g/mol. The van der Waals surface area contributed by atoms with Gasteiger partial charge in [0, 0.05) is 56.3 Å². The van der Waals surface area contributed by atoms with Gasteiger partial charge in [-0.05, 0) is 67.8 Å². The first kappa shape index (κ1) is 23.5. The number of anilines is 3. The van der Waals surface area contributed by atoms with Crippen molar-refractivity contribution in [2.45, 2.75) is 26.3 Å². The first-order chi connectivity index (χ1) is 16.0. The summed E-state index contributed by atoms with van der Waals surface area (Å²) in [6.45, 7) is 8.66. The van der Waals surface area contributed by atoms with E-state index in [4.69, 9.17) is 0 Å². The summed E-state index contributed by atoms with van der Waals surface area (Å²) < 4.78 is 0. The van der Waals surface area contributed by atoms with Crippen molar-refractivity contribution < 1.29 is 10.0 Å². The summed E-state index contributed by atoms with van der Waals surface area (Å²) in [6.07, 6.45) is 2.59. The summed E-state index contributed by atoms with van der Waals surface area (Å²) in [6, 6.07) is 16.5. The molecule has 4 rings (SSSR count). The van der Waals surface area contributed by atoms with E-state index in [1.807, 2.05) is 24.3 Å². The molecule has 178 valence electrons. The molecule has 7 nitrogen and oxygen atoms in total. The molecule has 1 atom stereocenters. The second-order valence-corrected chi connectivity index (χ2v) is 9.59. The topological polar surface area (TPSA) is 62.3 Å². The van der Waals surface area contributed by atoms with E-state index in [0.717, 1.165) is 67.2 Å². The molecule has 1 unspecified atom stereocenters. The van der Waals surface area contributed by atoms with Crippen LogP contribution in [0.15, 0.2) is 48.5 Å². The summed E-state index contributed by atoms with van der Waals surface area (Å²) >= 11 is 0. The lowest BCUT2D eigenvalue weighted by Gasteiger charge is -2.32. The Morgan fingerprint density at radius 3 is 2.27 bits per heavy atom. The third kappa shape index (κ3) is 6.69. The smallest absolute Gasteiger partial charge is 0.260 e. The molecule has 2 heterocycles. The van der Waals surface area contributed by atoms with Crippen molar-refractivity contribution >= 4 is 23.0 Å². The highest BCUT2D eigenvalue weighted by molar-refractivity contribution is 5.77. The summed E-state index contributed by atoms with van der Waals surface area (Å²) in [7, 11) is 2.08. The molecule has 33 heavy (non-hydrogen) atoms. The molecule has 2 saturated heterocycles. The highest BCUT2D eigenvalue weighted by atomic mass is 16.5. The summed E-state index contributed by atoms with van der Waals surface area (Å²) in [5.74, 6) is 0.497. The number of benzene rings is 2. The van der Waals surface area contributed by atoms with E-state index in [-0.39, 0.29) is 19.0 Å². The lowest BCUT2D eigenvalue weighted by Crippen LogP contribution is -2.48. The lowest BCUT2D eigenvalue weighted by atomic mass is 10.00. The van der Waals surface area contributed by atoms with Gasteiger partial charge < -0.3 is 15.1 Å². The number of carbonyl (C=O) groups excluding carboxylic acids is 1. The van der Waals surface area contributed by atoms with Crippen LogP contribution in [-0.4, -0.2) is 78.8 Å². The van der Waals surface area contributed by atoms with Gasteiger partial charge in [0.25, 0.3) is 5.91 Å². The molecule has 0 saturated carbocycles. The minimum atomic E-state index is -0.259. The second kappa shape index (κ2) is 11.0. The molecule has 7 heteroatoms. The predicted octanol–water partition coefficient (Wildman–Crippen LogP) is 3.63. The fraction of sp³-hybridized carbons (Fsp3) is 0.500. The average Bonchev–Trinajstić information content (AvgIpc) is 2.82. The van der Waals surface area contributed by atoms with Gasteiger partial charge in [-0.15, -0.1) is 0 Å². The molecule has 2 fully saturated rings. The Balaban J connectivity index is 1.26. The van der Waals surface area contributed by atoms with Gasteiger partial charge in [0.15, 0.2) is 0 Å². The number of hydroxylamine groups is 2. The van der Waals surface area contributed by atoms with Crippen LogP contribution in [-0.2, 0) is 11.3 Å². The van der Waals surface area contributed by atoms with Crippen molar-refractivity contribution in [1.29, 1.82) is 0 Å². The Hall–Kier alpha value is -2.61. The van der Waals surface area contributed by atoms with E-state index in [1.54, 1.807) is 0 Å². The van der Waals surface area contributed by atoms with E-state index in [0.29, 0.717) is 0 Å². The standard InChI is InChI=1S/C26H37N5O2/c1-21-4-3-13-30(18-21)25-11-9-24(10-12-25)27-23-7-5-22(6-8-23)19-31(33)26(32)20-29-16-14-28(2)15-17-29/h5-12,21,27,33H,3-4,13-20H2,1-2H3. The van der Waals surface area contributed by atoms with Crippen molar-refractivity contribution in [2.24, 2.45) is 5.92 Å². The Morgan fingerprint density at radius 1 is 1.00 bits per heavy atom. The molecule has 2 aliphatic heterocycles. The molecule has 2 aromatic carbocycles. The van der Waals surface area contributed by atoms with E-state index in [1.165, 1.54) is 18.5 Å². The van der Waals surface area contributed by atoms with Gasteiger partial charge in [0.05, 0.1) is 13.1 Å². The molecule has 0 aromatic heterocycles. The number of carbonyl (C=O) groups is 1. The minimum Gasteiger partial charge on any atom is -0.371 e. The molecule has 2 N–H and O–H groups in total. The first-order valence-electron chi connectivity index (χ1n) is 12.1. The number of nitrogens with zero attached hydrogens (tertiary/aromatic N) is 4. The van der Waals surface area contributed by atoms with Gasteiger partial charge in [-0.25, -0.2) is 5.06 Å². The van der Waals surface area contributed by atoms with Crippen molar-refractivity contribution in [3.63, 3.8) is 0 Å². The quantitative estimate of drug-likeness (QED) is 0.495. The first-order valence-corrected chi connectivity index (χ1v) is 12.1. The van der Waals surface area contributed by atoms with Crippen molar-refractivity contribution in [3.05, 3.63) is 54.1 Å². The van der Waals surface area contributed by atoms with Gasteiger partial charge in [-0.1, -0.05) is 19.1 Å². The van der Waals surface area contributed by atoms with Gasteiger partial charge in [0.1, 0.15) is 0 Å². The fourth-order valence-corrected chi connectivity index (χ4v) is 4.58. The van der Waals surface area contributed by atoms with Gasteiger partial charge in [-0.3, -0.25) is 14.9 Å². The van der Waals surface area contributed by atoms with Gasteiger partial charge in [0.2, 0.25) is 0 Å². The van der Waals surface area contributed by atoms with Crippen LogP contribution in [0.3, 0.4) is 0 Å².